The predicted molar refractivity (Wildman–Crippen MR) is 53.9 cm³/mol. The van der Waals surface area contributed by atoms with Crippen LogP contribution in [0.1, 0.15) is 0 Å². The van der Waals surface area contributed by atoms with Gasteiger partial charge in [0, 0.05) is 6.54 Å². The number of hydrogen-bond donors (Lipinski definition) is 1. The fourth-order valence-corrected chi connectivity index (χ4v) is 1.47. The topological polar surface area (TPSA) is 72.6 Å². The molecule has 96 valence electrons. The first-order valence-corrected chi connectivity index (χ1v) is 4.91. The van der Waals surface area contributed by atoms with E-state index in [-0.39, 0.29) is 0 Å². The number of rotatable bonds is 3. The second-order valence-corrected chi connectivity index (χ2v) is 3.86. The number of hydrogen-bond acceptors (Lipinski definition) is 4. The van der Waals surface area contributed by atoms with Crippen LogP contribution in [0.4, 0.5) is 13.2 Å². The van der Waals surface area contributed by atoms with Gasteiger partial charge in [0.1, 0.15) is 19.1 Å². The molecule has 0 saturated carbocycles. The lowest BCUT2D eigenvalue weighted by Gasteiger charge is -2.29. The van der Waals surface area contributed by atoms with Crippen LogP contribution in [0.3, 0.4) is 0 Å². The fourth-order valence-electron chi connectivity index (χ4n) is 1.26. The van der Waals surface area contributed by atoms with Crippen LogP contribution >= 0.6 is 12.2 Å². The van der Waals surface area contributed by atoms with E-state index >= 15 is 0 Å². The van der Waals surface area contributed by atoms with E-state index in [1.807, 2.05) is 0 Å². The maximum absolute atomic E-state index is 12.5. The molecule has 1 fully saturated rings. The number of amides is 2. The number of nitrogens with zero attached hydrogens (tertiary/aromatic N) is 1. The van der Waals surface area contributed by atoms with E-state index in [1.165, 1.54) is 0 Å². The SMILES string of the molecule is NC(=S)C(CN1C(=O)COCC1=O)C(F)(F)F. The largest absolute Gasteiger partial charge is 0.399 e. The first-order valence-electron chi connectivity index (χ1n) is 4.50. The summed E-state index contributed by atoms with van der Waals surface area (Å²) in [5.41, 5.74) is 4.96. The van der Waals surface area contributed by atoms with Crippen molar-refractivity contribution in [3.05, 3.63) is 0 Å². The molecule has 1 unspecified atom stereocenters. The molecule has 0 bridgehead atoms. The summed E-state index contributed by atoms with van der Waals surface area (Å²) in [7, 11) is 0. The predicted octanol–water partition coefficient (Wildman–Crippen LogP) is -0.164. The normalized spacial score (nSPS) is 19.4. The van der Waals surface area contributed by atoms with Crippen molar-refractivity contribution in [1.29, 1.82) is 0 Å². The number of alkyl halides is 3. The van der Waals surface area contributed by atoms with Crippen molar-refractivity contribution < 1.29 is 27.5 Å². The Bertz CT molecular complexity index is 342. The van der Waals surface area contributed by atoms with Gasteiger partial charge in [-0.05, 0) is 0 Å². The van der Waals surface area contributed by atoms with Gasteiger partial charge >= 0.3 is 6.18 Å². The third-order valence-electron chi connectivity index (χ3n) is 2.16. The quantitative estimate of drug-likeness (QED) is 0.569. The van der Waals surface area contributed by atoms with Crippen LogP contribution in [0.15, 0.2) is 0 Å². The maximum Gasteiger partial charge on any atom is 0.399 e. The van der Waals surface area contributed by atoms with Crippen LogP contribution in [0.2, 0.25) is 0 Å². The lowest BCUT2D eigenvalue weighted by molar-refractivity contribution is -0.172. The molecule has 1 rings (SSSR count). The van der Waals surface area contributed by atoms with Gasteiger partial charge in [-0.2, -0.15) is 13.2 Å². The van der Waals surface area contributed by atoms with Gasteiger partial charge in [0.25, 0.3) is 11.8 Å². The van der Waals surface area contributed by atoms with Crippen LogP contribution in [0, 0.1) is 5.92 Å². The Balaban J connectivity index is 2.82. The molecule has 0 aromatic heterocycles. The van der Waals surface area contributed by atoms with Crippen molar-refractivity contribution in [2.45, 2.75) is 6.18 Å². The van der Waals surface area contributed by atoms with Gasteiger partial charge in [-0.3, -0.25) is 14.5 Å². The van der Waals surface area contributed by atoms with Crippen LogP contribution in [0.5, 0.6) is 0 Å². The number of morpholine rings is 1. The summed E-state index contributed by atoms with van der Waals surface area (Å²) >= 11 is 4.29. The highest BCUT2D eigenvalue weighted by molar-refractivity contribution is 7.80. The Labute approximate surface area is 99.7 Å². The molecule has 1 aliphatic rings. The minimum atomic E-state index is -4.69. The number of imide groups is 1. The zero-order chi connectivity index (χ0) is 13.2. The van der Waals surface area contributed by atoms with E-state index in [0.717, 1.165) is 0 Å². The summed E-state index contributed by atoms with van der Waals surface area (Å²) in [5, 5.41) is 0. The minimum absolute atomic E-state index is 0.423. The van der Waals surface area contributed by atoms with E-state index in [1.54, 1.807) is 0 Å². The van der Waals surface area contributed by atoms with Crippen molar-refractivity contribution in [2.24, 2.45) is 11.7 Å². The molecular weight excluding hydrogens is 261 g/mol. The average molecular weight is 270 g/mol. The molecule has 1 atom stereocenters. The van der Waals surface area contributed by atoms with Crippen LogP contribution < -0.4 is 5.73 Å². The van der Waals surface area contributed by atoms with E-state index < -0.39 is 48.7 Å². The number of halogens is 3. The highest BCUT2D eigenvalue weighted by Crippen LogP contribution is 2.27. The molecule has 1 aliphatic heterocycles. The zero-order valence-electron chi connectivity index (χ0n) is 8.49. The highest BCUT2D eigenvalue weighted by Gasteiger charge is 2.44. The van der Waals surface area contributed by atoms with Gasteiger partial charge in [-0.15, -0.1) is 0 Å². The number of carbonyl (C=O) groups excluding carboxylic acids is 2. The van der Waals surface area contributed by atoms with Crippen molar-refractivity contribution >= 4 is 29.0 Å². The summed E-state index contributed by atoms with van der Waals surface area (Å²) < 4.78 is 42.2. The van der Waals surface area contributed by atoms with Crippen molar-refractivity contribution in [3.63, 3.8) is 0 Å². The minimum Gasteiger partial charge on any atom is -0.393 e. The standard InChI is InChI=1S/C8H9F3N2O3S/c9-8(10,11)4(7(12)17)1-13-5(14)2-16-3-6(13)15/h4H,1-3H2,(H2,12,17). The Morgan fingerprint density at radius 3 is 2.24 bits per heavy atom. The van der Waals surface area contributed by atoms with Crippen molar-refractivity contribution in [2.75, 3.05) is 19.8 Å². The molecule has 1 saturated heterocycles. The average Bonchev–Trinajstić information content (AvgIpc) is 2.14. The van der Waals surface area contributed by atoms with Crippen LogP contribution in [-0.2, 0) is 14.3 Å². The third-order valence-corrected chi connectivity index (χ3v) is 2.44. The van der Waals surface area contributed by atoms with Crippen LogP contribution in [0.25, 0.3) is 0 Å². The van der Waals surface area contributed by atoms with Crippen molar-refractivity contribution in [1.82, 2.24) is 4.90 Å². The van der Waals surface area contributed by atoms with E-state index in [9.17, 15) is 22.8 Å². The highest BCUT2D eigenvalue weighted by atomic mass is 32.1. The van der Waals surface area contributed by atoms with Crippen LogP contribution in [-0.4, -0.2) is 47.6 Å². The molecule has 0 radical (unpaired) electrons. The number of carbonyl (C=O) groups is 2. The van der Waals surface area contributed by atoms with Gasteiger partial charge in [0.2, 0.25) is 0 Å². The molecule has 2 amide bonds. The van der Waals surface area contributed by atoms with E-state index in [0.29, 0.717) is 4.90 Å². The summed E-state index contributed by atoms with van der Waals surface area (Å²) in [5.74, 6) is -3.85. The van der Waals surface area contributed by atoms with Gasteiger partial charge in [-0.25, -0.2) is 0 Å². The van der Waals surface area contributed by atoms with E-state index in [4.69, 9.17) is 5.73 Å². The smallest absolute Gasteiger partial charge is 0.393 e. The monoisotopic (exact) mass is 270 g/mol. The Hall–Kier alpha value is -1.22. The Morgan fingerprint density at radius 2 is 1.88 bits per heavy atom. The second kappa shape index (κ2) is 4.96. The van der Waals surface area contributed by atoms with Crippen molar-refractivity contribution in [3.8, 4) is 0 Å². The summed E-state index contributed by atoms with van der Waals surface area (Å²) in [6, 6.07) is 0. The molecule has 0 aromatic rings. The summed E-state index contributed by atoms with van der Waals surface area (Å²) in [6.07, 6.45) is -4.69. The maximum atomic E-state index is 12.5. The second-order valence-electron chi connectivity index (χ2n) is 3.39. The molecule has 17 heavy (non-hydrogen) atoms. The first kappa shape index (κ1) is 13.8. The molecule has 9 heteroatoms. The summed E-state index contributed by atoms with van der Waals surface area (Å²) in [4.78, 5) is 22.1. The fraction of sp³-hybridized carbons (Fsp3) is 0.625. The molecule has 0 aliphatic carbocycles. The molecular formula is C8H9F3N2O3S. The summed E-state index contributed by atoms with van der Waals surface area (Å²) in [6.45, 7) is -1.73. The number of thiocarbonyl (C=S) groups is 1. The first-order chi connectivity index (χ1) is 7.73. The molecule has 2 N–H and O–H groups in total. The lowest BCUT2D eigenvalue weighted by Crippen LogP contribution is -2.52. The zero-order valence-corrected chi connectivity index (χ0v) is 9.31. The van der Waals surface area contributed by atoms with E-state index in [2.05, 4.69) is 17.0 Å². The molecule has 1 heterocycles. The van der Waals surface area contributed by atoms with Gasteiger partial charge < -0.3 is 10.5 Å². The van der Waals surface area contributed by atoms with Gasteiger partial charge in [0.05, 0.1) is 4.99 Å². The van der Waals surface area contributed by atoms with Gasteiger partial charge in [-0.1, -0.05) is 12.2 Å². The Morgan fingerprint density at radius 1 is 1.41 bits per heavy atom. The molecule has 0 spiro atoms. The third kappa shape index (κ3) is 3.37. The number of nitrogens with two attached hydrogens (primary N) is 1. The lowest BCUT2D eigenvalue weighted by atomic mass is 10.1. The Kier molecular flexibility index (Phi) is 4.04. The van der Waals surface area contributed by atoms with Gasteiger partial charge in [0.15, 0.2) is 0 Å². The molecule has 5 nitrogen and oxygen atoms in total. The number of ether oxygens (including phenoxy) is 1. The molecule has 0 aromatic carbocycles.